The zero-order valence-electron chi connectivity index (χ0n) is 27.6. The zero-order valence-corrected chi connectivity index (χ0v) is 28.4. The van der Waals surface area contributed by atoms with Crippen molar-refractivity contribution < 1.29 is 41.6 Å². The highest BCUT2D eigenvalue weighted by atomic mass is 32.2. The van der Waals surface area contributed by atoms with Gasteiger partial charge >= 0.3 is 12.1 Å². The summed E-state index contributed by atoms with van der Waals surface area (Å²) in [4.78, 5) is 47.7. The van der Waals surface area contributed by atoms with E-state index in [1.807, 2.05) is 36.4 Å². The molecule has 1 atom stereocenters. The summed E-state index contributed by atoms with van der Waals surface area (Å²) in [6.45, 7) is 0.174. The Morgan fingerprint density at radius 2 is 1.66 bits per heavy atom. The molecule has 14 nitrogen and oxygen atoms in total. The molecule has 266 valence electrons. The van der Waals surface area contributed by atoms with Crippen LogP contribution in [0.15, 0.2) is 94.2 Å². The largest absolute Gasteiger partial charge is 0.469 e. The van der Waals surface area contributed by atoms with Crippen LogP contribution in [0.5, 0.6) is 0 Å². The number of carbonyl (C=O) groups is 3. The third-order valence-electron chi connectivity index (χ3n) is 7.82. The van der Waals surface area contributed by atoms with E-state index in [0.717, 1.165) is 23.1 Å². The number of alkyl carbamates (subject to hydrolysis) is 1. The van der Waals surface area contributed by atoms with Gasteiger partial charge in [0.15, 0.2) is 5.76 Å². The van der Waals surface area contributed by atoms with Gasteiger partial charge in [0, 0.05) is 49.6 Å². The topological polar surface area (TPSA) is 187 Å². The highest BCUT2D eigenvalue weighted by Gasteiger charge is 2.29. The number of furan rings is 1. The average Bonchev–Trinajstić information content (AvgIpc) is 3.57. The molecule has 0 radical (unpaired) electrons. The summed E-state index contributed by atoms with van der Waals surface area (Å²) in [5.41, 5.74) is 1.08. The minimum atomic E-state index is -4.19. The molecule has 4 rings (SSSR count). The van der Waals surface area contributed by atoms with Gasteiger partial charge < -0.3 is 24.5 Å². The van der Waals surface area contributed by atoms with E-state index >= 15 is 0 Å². The molecule has 1 heterocycles. The molecule has 0 spiro atoms. The lowest BCUT2D eigenvalue weighted by Gasteiger charge is -2.28. The molecule has 1 aromatic heterocycles. The lowest BCUT2D eigenvalue weighted by molar-refractivity contribution is -0.384. The fourth-order valence-corrected chi connectivity index (χ4v) is 6.68. The number of methoxy groups -OCH3 is 1. The summed E-state index contributed by atoms with van der Waals surface area (Å²) in [6.07, 6.45) is 1.58. The first kappa shape index (κ1) is 37.5. The van der Waals surface area contributed by atoms with Crippen molar-refractivity contribution in [1.29, 1.82) is 0 Å². The molecule has 0 saturated heterocycles. The van der Waals surface area contributed by atoms with E-state index in [4.69, 9.17) is 9.15 Å². The minimum absolute atomic E-state index is 0.0432. The summed E-state index contributed by atoms with van der Waals surface area (Å²) in [5.74, 6) is -0.870. The van der Waals surface area contributed by atoms with Crippen LogP contribution in [0.3, 0.4) is 0 Å². The number of hydrogen-bond acceptors (Lipinski definition) is 10. The Bertz CT molecular complexity index is 1810. The van der Waals surface area contributed by atoms with Crippen LogP contribution in [0.25, 0.3) is 11.0 Å². The Morgan fingerprint density at radius 1 is 0.940 bits per heavy atom. The Hall–Kier alpha value is -5.28. The van der Waals surface area contributed by atoms with Crippen LogP contribution >= 0.6 is 0 Å². The normalized spacial score (nSPS) is 12.0. The van der Waals surface area contributed by atoms with E-state index in [9.17, 15) is 32.9 Å². The number of carbonyl (C=O) groups excluding carboxylic acids is 3. The molecule has 15 heteroatoms. The smallest absolute Gasteiger partial charge is 0.407 e. The summed E-state index contributed by atoms with van der Waals surface area (Å²) in [7, 11) is -2.90. The quantitative estimate of drug-likeness (QED) is 0.0540. The van der Waals surface area contributed by atoms with Crippen LogP contribution in [-0.4, -0.2) is 68.4 Å². The van der Waals surface area contributed by atoms with Crippen molar-refractivity contribution in [3.8, 4) is 0 Å². The van der Waals surface area contributed by atoms with E-state index in [2.05, 4.69) is 15.4 Å². The first-order valence-electron chi connectivity index (χ1n) is 16.1. The van der Waals surface area contributed by atoms with Crippen molar-refractivity contribution in [1.82, 2.24) is 14.9 Å². The second kappa shape index (κ2) is 18.5. The first-order valence-corrected chi connectivity index (χ1v) is 17.6. The molecule has 0 unspecified atom stereocenters. The third kappa shape index (κ3) is 11.1. The highest BCUT2D eigenvalue weighted by molar-refractivity contribution is 7.89. The van der Waals surface area contributed by atoms with Crippen molar-refractivity contribution in [2.45, 2.75) is 56.1 Å². The predicted octanol–water partition coefficient (Wildman–Crippen LogP) is 5.57. The Labute approximate surface area is 289 Å². The van der Waals surface area contributed by atoms with Crippen LogP contribution < -0.4 is 10.6 Å². The standard InChI is InChI=1S/C35H40N4O10S/c1-47-33(40)16-6-3-9-22-38(50(45,46)30-19-17-29(18-20-30)39(43)44)24-28(37-34(41)32-23-27-13-7-8-15-31(27)49-32)14-10-21-36-35(42)48-25-26-11-4-2-5-12-26/h2,4-5,7-8,11-13,15,17-20,23,28H,3,6,9-10,14,16,21-22,24-25H2,1H3,(H,36,42)(H,37,41)/t28-/m1/s1. The molecule has 2 amide bonds. The fraction of sp³-hybridized carbons (Fsp3) is 0.343. The van der Waals surface area contributed by atoms with E-state index in [0.29, 0.717) is 31.3 Å². The summed E-state index contributed by atoms with van der Waals surface area (Å²) < 4.78 is 44.7. The number of fused-ring (bicyclic) bond motifs is 1. The molecule has 4 aromatic rings. The molecule has 50 heavy (non-hydrogen) atoms. The Kier molecular flexibility index (Phi) is 13.9. The molecule has 0 fully saturated rings. The van der Waals surface area contributed by atoms with Crippen molar-refractivity contribution in [3.63, 3.8) is 0 Å². The molecule has 0 aliphatic rings. The molecule has 0 aliphatic heterocycles. The average molecular weight is 709 g/mol. The number of hydrogen-bond donors (Lipinski definition) is 2. The van der Waals surface area contributed by atoms with Gasteiger partial charge in [-0.2, -0.15) is 4.31 Å². The van der Waals surface area contributed by atoms with Crippen LogP contribution in [0, 0.1) is 10.1 Å². The van der Waals surface area contributed by atoms with E-state index < -0.39 is 33.0 Å². The van der Waals surface area contributed by atoms with Gasteiger partial charge in [0.1, 0.15) is 12.2 Å². The number of nitrogens with zero attached hydrogens (tertiary/aromatic N) is 2. The maximum Gasteiger partial charge on any atom is 0.407 e. The molecule has 0 aliphatic carbocycles. The number of ether oxygens (including phenoxy) is 2. The van der Waals surface area contributed by atoms with Crippen LogP contribution in [0.1, 0.15) is 54.6 Å². The number of nitro groups is 1. The maximum absolute atomic E-state index is 13.9. The van der Waals surface area contributed by atoms with Gasteiger partial charge in [0.05, 0.1) is 16.9 Å². The molecular weight excluding hydrogens is 668 g/mol. The third-order valence-corrected chi connectivity index (χ3v) is 9.70. The number of sulfonamides is 1. The molecule has 2 N–H and O–H groups in total. The summed E-state index contributed by atoms with van der Waals surface area (Å²) in [6, 6.07) is 21.7. The van der Waals surface area contributed by atoms with Crippen molar-refractivity contribution in [2.75, 3.05) is 26.7 Å². The predicted molar refractivity (Wildman–Crippen MR) is 184 cm³/mol. The highest BCUT2D eigenvalue weighted by Crippen LogP contribution is 2.23. The van der Waals surface area contributed by atoms with Crippen molar-refractivity contribution in [3.05, 3.63) is 106 Å². The van der Waals surface area contributed by atoms with Gasteiger partial charge in [-0.25, -0.2) is 13.2 Å². The SMILES string of the molecule is COC(=O)CCCCCN(C[C@@H](CCCNC(=O)OCc1ccccc1)NC(=O)c1cc2ccccc2o1)S(=O)(=O)c1ccc([N+](=O)[O-])cc1. The van der Waals surface area contributed by atoms with Gasteiger partial charge in [-0.15, -0.1) is 0 Å². The van der Waals surface area contributed by atoms with Gasteiger partial charge in [0.25, 0.3) is 11.6 Å². The van der Waals surface area contributed by atoms with E-state index in [1.165, 1.54) is 23.5 Å². The molecule has 3 aromatic carbocycles. The van der Waals surface area contributed by atoms with Crippen LogP contribution in [0.4, 0.5) is 10.5 Å². The summed E-state index contributed by atoms with van der Waals surface area (Å²) >= 11 is 0. The Morgan fingerprint density at radius 3 is 2.36 bits per heavy atom. The van der Waals surface area contributed by atoms with Gasteiger partial charge in [-0.3, -0.25) is 19.7 Å². The Balaban J connectivity index is 1.49. The molecule has 0 saturated carbocycles. The number of unbranched alkanes of at least 4 members (excludes halogenated alkanes) is 2. The number of esters is 1. The summed E-state index contributed by atoms with van der Waals surface area (Å²) in [5, 5.41) is 17.5. The number of para-hydroxylation sites is 1. The van der Waals surface area contributed by atoms with E-state index in [1.54, 1.807) is 24.3 Å². The number of benzene rings is 3. The van der Waals surface area contributed by atoms with E-state index in [-0.39, 0.29) is 61.4 Å². The number of amides is 2. The lowest BCUT2D eigenvalue weighted by Crippen LogP contribution is -2.46. The van der Waals surface area contributed by atoms with Gasteiger partial charge in [0.2, 0.25) is 10.0 Å². The fourth-order valence-electron chi connectivity index (χ4n) is 5.15. The molecule has 0 bridgehead atoms. The monoisotopic (exact) mass is 708 g/mol. The second-order valence-electron chi connectivity index (χ2n) is 11.5. The lowest BCUT2D eigenvalue weighted by atomic mass is 10.1. The maximum atomic E-state index is 13.9. The van der Waals surface area contributed by atoms with Crippen molar-refractivity contribution in [2.24, 2.45) is 0 Å². The van der Waals surface area contributed by atoms with Crippen LogP contribution in [-0.2, 0) is 30.9 Å². The number of non-ortho nitro benzene ring substituents is 1. The van der Waals surface area contributed by atoms with Gasteiger partial charge in [-0.1, -0.05) is 55.0 Å². The second-order valence-corrected chi connectivity index (χ2v) is 13.4. The zero-order chi connectivity index (χ0) is 35.9. The number of rotatable bonds is 19. The van der Waals surface area contributed by atoms with Crippen molar-refractivity contribution >= 4 is 44.6 Å². The first-order chi connectivity index (χ1) is 24.1. The van der Waals surface area contributed by atoms with Gasteiger partial charge in [-0.05, 0) is 55.5 Å². The number of nitro benzene ring substituents is 1. The number of nitrogens with one attached hydrogen (secondary N) is 2. The minimum Gasteiger partial charge on any atom is -0.469 e. The van der Waals surface area contributed by atoms with Crippen LogP contribution in [0.2, 0.25) is 0 Å². The molecular formula is C35H40N4O10S.